The number of hydrogen-bond acceptors (Lipinski definition) is 3. The summed E-state index contributed by atoms with van der Waals surface area (Å²) >= 11 is 0. The number of ether oxygens (including phenoxy) is 1. The minimum absolute atomic E-state index is 0.348. The van der Waals surface area contributed by atoms with Gasteiger partial charge in [-0.25, -0.2) is 4.79 Å². The number of rotatable bonds is 3. The first-order valence-corrected chi connectivity index (χ1v) is 6.97. The second-order valence-corrected chi connectivity index (χ2v) is 5.00. The summed E-state index contributed by atoms with van der Waals surface area (Å²) in [4.78, 5) is 11.9. The molecule has 2 aromatic rings. The standard InChI is InChI=1S/C18H16O3/c1-3-13-5-7-14(8-6-13)17-11-15(18(19)21-17)10-16-9-4-12(2)20-16/h4-11H,3H2,1-2H3/b15-10+. The number of aryl methyl sites for hydroxylation is 2. The maximum atomic E-state index is 11.9. The molecule has 21 heavy (non-hydrogen) atoms. The van der Waals surface area contributed by atoms with Crippen molar-refractivity contribution in [2.45, 2.75) is 20.3 Å². The van der Waals surface area contributed by atoms with E-state index in [1.54, 1.807) is 12.2 Å². The fraction of sp³-hybridized carbons (Fsp3) is 0.167. The molecule has 0 radical (unpaired) electrons. The van der Waals surface area contributed by atoms with Crippen LogP contribution in [0.4, 0.5) is 0 Å². The molecule has 3 rings (SSSR count). The normalized spacial score (nSPS) is 16.2. The molecule has 0 N–H and O–H groups in total. The molecule has 0 saturated carbocycles. The topological polar surface area (TPSA) is 39.4 Å². The monoisotopic (exact) mass is 280 g/mol. The van der Waals surface area contributed by atoms with Crippen LogP contribution in [0.5, 0.6) is 0 Å². The molecule has 0 spiro atoms. The van der Waals surface area contributed by atoms with Crippen LogP contribution >= 0.6 is 0 Å². The average molecular weight is 280 g/mol. The summed E-state index contributed by atoms with van der Waals surface area (Å²) in [6, 6.07) is 11.7. The zero-order valence-electron chi connectivity index (χ0n) is 12.1. The Morgan fingerprint density at radius 2 is 1.86 bits per heavy atom. The molecular weight excluding hydrogens is 264 g/mol. The second kappa shape index (κ2) is 5.44. The minimum Gasteiger partial charge on any atom is -0.462 e. The Kier molecular flexibility index (Phi) is 3.48. The van der Waals surface area contributed by atoms with Crippen LogP contribution in [-0.2, 0) is 16.0 Å². The lowest BCUT2D eigenvalue weighted by atomic mass is 10.1. The van der Waals surface area contributed by atoms with E-state index < -0.39 is 0 Å². The molecule has 3 heteroatoms. The van der Waals surface area contributed by atoms with Gasteiger partial charge in [0, 0.05) is 5.56 Å². The van der Waals surface area contributed by atoms with Gasteiger partial charge < -0.3 is 9.15 Å². The van der Waals surface area contributed by atoms with Gasteiger partial charge in [0.05, 0.1) is 5.57 Å². The van der Waals surface area contributed by atoms with Crippen molar-refractivity contribution in [2.75, 3.05) is 0 Å². The van der Waals surface area contributed by atoms with Crippen LogP contribution in [0.15, 0.2) is 52.5 Å². The van der Waals surface area contributed by atoms with E-state index in [9.17, 15) is 4.79 Å². The van der Waals surface area contributed by atoms with Crippen molar-refractivity contribution < 1.29 is 13.9 Å². The Morgan fingerprint density at radius 1 is 1.10 bits per heavy atom. The lowest BCUT2D eigenvalue weighted by molar-refractivity contribution is -0.130. The Morgan fingerprint density at radius 3 is 2.48 bits per heavy atom. The molecule has 106 valence electrons. The van der Waals surface area contributed by atoms with Crippen LogP contribution in [0.3, 0.4) is 0 Å². The molecule has 1 aromatic carbocycles. The van der Waals surface area contributed by atoms with E-state index in [1.807, 2.05) is 43.3 Å². The highest BCUT2D eigenvalue weighted by Crippen LogP contribution is 2.27. The zero-order chi connectivity index (χ0) is 14.8. The smallest absolute Gasteiger partial charge is 0.343 e. The molecular formula is C18H16O3. The van der Waals surface area contributed by atoms with Gasteiger partial charge in [-0.05, 0) is 43.2 Å². The summed E-state index contributed by atoms with van der Waals surface area (Å²) in [5.41, 5.74) is 2.66. The van der Waals surface area contributed by atoms with Crippen molar-refractivity contribution in [3.8, 4) is 0 Å². The van der Waals surface area contributed by atoms with Crippen molar-refractivity contribution in [1.82, 2.24) is 0 Å². The van der Waals surface area contributed by atoms with E-state index in [2.05, 4.69) is 6.92 Å². The Balaban J connectivity index is 1.89. The molecule has 0 unspecified atom stereocenters. The molecule has 2 heterocycles. The van der Waals surface area contributed by atoms with Gasteiger partial charge in [-0.15, -0.1) is 0 Å². The molecule has 0 saturated heterocycles. The van der Waals surface area contributed by atoms with Crippen LogP contribution in [-0.4, -0.2) is 5.97 Å². The van der Waals surface area contributed by atoms with Gasteiger partial charge >= 0.3 is 5.97 Å². The molecule has 0 aliphatic carbocycles. The minimum atomic E-state index is -0.348. The number of hydrogen-bond donors (Lipinski definition) is 0. The third kappa shape index (κ3) is 2.82. The highest BCUT2D eigenvalue weighted by molar-refractivity contribution is 6.04. The number of carbonyl (C=O) groups is 1. The molecule has 0 bridgehead atoms. The van der Waals surface area contributed by atoms with E-state index in [-0.39, 0.29) is 5.97 Å². The third-order valence-corrected chi connectivity index (χ3v) is 3.43. The summed E-state index contributed by atoms with van der Waals surface area (Å²) < 4.78 is 10.8. The maximum absolute atomic E-state index is 11.9. The van der Waals surface area contributed by atoms with E-state index in [1.165, 1.54) is 5.56 Å². The van der Waals surface area contributed by atoms with Crippen molar-refractivity contribution >= 4 is 17.8 Å². The number of carbonyl (C=O) groups excluding carboxylic acids is 1. The average Bonchev–Trinajstić information content (AvgIpc) is 3.06. The Hall–Kier alpha value is -2.55. The Labute approximate surface area is 123 Å². The number of cyclic esters (lactones) is 1. The van der Waals surface area contributed by atoms with Crippen molar-refractivity contribution in [3.63, 3.8) is 0 Å². The third-order valence-electron chi connectivity index (χ3n) is 3.43. The van der Waals surface area contributed by atoms with E-state index in [0.717, 1.165) is 17.7 Å². The van der Waals surface area contributed by atoms with Crippen LogP contribution in [0.25, 0.3) is 11.8 Å². The van der Waals surface area contributed by atoms with Gasteiger partial charge in [0.2, 0.25) is 0 Å². The quantitative estimate of drug-likeness (QED) is 0.627. The molecule has 1 aliphatic heterocycles. The Bertz CT molecular complexity index is 730. The van der Waals surface area contributed by atoms with Gasteiger partial charge in [0.15, 0.2) is 0 Å². The summed E-state index contributed by atoms with van der Waals surface area (Å²) in [5.74, 6) is 1.70. The first kappa shape index (κ1) is 13.4. The molecule has 1 aromatic heterocycles. The van der Waals surface area contributed by atoms with E-state index in [0.29, 0.717) is 17.1 Å². The highest BCUT2D eigenvalue weighted by Gasteiger charge is 2.22. The van der Waals surface area contributed by atoms with Crippen LogP contribution in [0.2, 0.25) is 0 Å². The zero-order valence-corrected chi connectivity index (χ0v) is 12.1. The van der Waals surface area contributed by atoms with Crippen LogP contribution in [0.1, 0.15) is 29.6 Å². The first-order chi connectivity index (χ1) is 10.2. The second-order valence-electron chi connectivity index (χ2n) is 5.00. The van der Waals surface area contributed by atoms with Gasteiger partial charge in [0.25, 0.3) is 0 Å². The molecule has 0 fully saturated rings. The van der Waals surface area contributed by atoms with Gasteiger partial charge in [-0.2, -0.15) is 0 Å². The van der Waals surface area contributed by atoms with Gasteiger partial charge in [0.1, 0.15) is 17.3 Å². The fourth-order valence-electron chi connectivity index (χ4n) is 2.22. The van der Waals surface area contributed by atoms with Crippen molar-refractivity contribution in [1.29, 1.82) is 0 Å². The summed E-state index contributed by atoms with van der Waals surface area (Å²) in [7, 11) is 0. The molecule has 1 aliphatic rings. The van der Waals surface area contributed by atoms with Crippen LogP contribution in [0, 0.1) is 6.92 Å². The van der Waals surface area contributed by atoms with Gasteiger partial charge in [-0.3, -0.25) is 0 Å². The summed E-state index contributed by atoms with van der Waals surface area (Å²) in [6.07, 6.45) is 4.44. The maximum Gasteiger partial charge on any atom is 0.343 e. The largest absolute Gasteiger partial charge is 0.462 e. The first-order valence-electron chi connectivity index (χ1n) is 6.97. The number of furan rings is 1. The van der Waals surface area contributed by atoms with Crippen LogP contribution < -0.4 is 0 Å². The SMILES string of the molecule is CCc1ccc(C2=C/C(=C\c3ccc(C)o3)C(=O)O2)cc1. The van der Waals surface area contributed by atoms with E-state index >= 15 is 0 Å². The highest BCUT2D eigenvalue weighted by atomic mass is 16.5. The van der Waals surface area contributed by atoms with Gasteiger partial charge in [-0.1, -0.05) is 31.2 Å². The fourth-order valence-corrected chi connectivity index (χ4v) is 2.22. The molecule has 0 amide bonds. The van der Waals surface area contributed by atoms with E-state index in [4.69, 9.17) is 9.15 Å². The predicted octanol–water partition coefficient (Wildman–Crippen LogP) is 4.13. The van der Waals surface area contributed by atoms with Crippen molar-refractivity contribution in [2.24, 2.45) is 0 Å². The predicted molar refractivity (Wildman–Crippen MR) is 81.3 cm³/mol. The summed E-state index contributed by atoms with van der Waals surface area (Å²) in [6.45, 7) is 3.97. The lowest BCUT2D eigenvalue weighted by Gasteiger charge is -2.02. The molecule has 3 nitrogen and oxygen atoms in total. The van der Waals surface area contributed by atoms with Crippen molar-refractivity contribution in [3.05, 3.63) is 70.7 Å². The number of benzene rings is 1. The lowest BCUT2D eigenvalue weighted by Crippen LogP contribution is -1.97. The number of esters is 1. The summed E-state index contributed by atoms with van der Waals surface area (Å²) in [5, 5.41) is 0. The molecule has 0 atom stereocenters.